The van der Waals surface area contributed by atoms with Crippen molar-refractivity contribution in [2.75, 3.05) is 0 Å². The van der Waals surface area contributed by atoms with Crippen molar-refractivity contribution in [2.24, 2.45) is 35.0 Å². The Bertz CT molecular complexity index is 510. The molecule has 0 nitrogen and oxygen atoms in total. The van der Waals surface area contributed by atoms with Crippen LogP contribution in [0.5, 0.6) is 0 Å². The molecule has 0 aromatic heterocycles. The molecule has 3 saturated carbocycles. The van der Waals surface area contributed by atoms with Crippen molar-refractivity contribution in [1.29, 1.82) is 0 Å². The molecule has 4 aliphatic carbocycles. The molecule has 0 saturated heterocycles. The van der Waals surface area contributed by atoms with Gasteiger partial charge in [-0.1, -0.05) is 64.8 Å². The van der Waals surface area contributed by atoms with E-state index in [1.165, 1.54) is 63.4 Å². The van der Waals surface area contributed by atoms with Crippen LogP contribution in [0, 0.1) is 35.0 Å². The van der Waals surface area contributed by atoms with Gasteiger partial charge < -0.3 is 0 Å². The summed E-state index contributed by atoms with van der Waals surface area (Å²) in [6, 6.07) is 0. The first-order valence-electron chi connectivity index (χ1n) is 10.5. The maximum Gasteiger partial charge on any atom is -0.0134 e. The summed E-state index contributed by atoms with van der Waals surface area (Å²) in [5.41, 5.74) is 4.03. The van der Waals surface area contributed by atoms with Crippen LogP contribution in [0.3, 0.4) is 0 Å². The SMILES string of the molecule is C.C.CCCCC1CCC2C3CCC4=CC(C)=CCC4C3CCC12C. The lowest BCUT2D eigenvalue weighted by Gasteiger charge is -2.54. The van der Waals surface area contributed by atoms with E-state index in [4.69, 9.17) is 0 Å². The second-order valence-corrected chi connectivity index (χ2v) is 9.44. The summed E-state index contributed by atoms with van der Waals surface area (Å²) in [5.74, 6) is 5.07. The maximum absolute atomic E-state index is 2.69. The van der Waals surface area contributed by atoms with Crippen molar-refractivity contribution >= 4 is 0 Å². The largest absolute Gasteiger partial charge is 0.0810 e. The smallest absolute Gasteiger partial charge is 0.0134 e. The molecule has 25 heavy (non-hydrogen) atoms. The highest BCUT2D eigenvalue weighted by molar-refractivity contribution is 5.31. The van der Waals surface area contributed by atoms with Crippen LogP contribution in [0.2, 0.25) is 0 Å². The third kappa shape index (κ3) is 3.40. The Balaban J connectivity index is 0.00000113. The molecule has 4 aliphatic rings. The molecule has 144 valence electrons. The molecule has 0 amide bonds. The Hall–Kier alpha value is -0.520. The minimum atomic E-state index is 0. The molecule has 0 radical (unpaired) electrons. The molecular formula is C25H44. The number of rotatable bonds is 3. The van der Waals surface area contributed by atoms with Gasteiger partial charge in [0.2, 0.25) is 0 Å². The third-order valence-electron chi connectivity index (χ3n) is 8.46. The van der Waals surface area contributed by atoms with Crippen molar-refractivity contribution in [3.8, 4) is 0 Å². The summed E-state index contributed by atoms with van der Waals surface area (Å²) >= 11 is 0. The molecule has 0 aliphatic heterocycles. The van der Waals surface area contributed by atoms with Crippen LogP contribution in [0.1, 0.15) is 99.8 Å². The lowest BCUT2D eigenvalue weighted by molar-refractivity contribution is -0.0206. The topological polar surface area (TPSA) is 0 Å². The first kappa shape index (κ1) is 20.8. The van der Waals surface area contributed by atoms with Gasteiger partial charge in [-0.15, -0.1) is 0 Å². The predicted octanol–water partition coefficient (Wildman–Crippen LogP) is 8.19. The Morgan fingerprint density at radius 2 is 1.88 bits per heavy atom. The molecule has 0 heterocycles. The van der Waals surface area contributed by atoms with Crippen LogP contribution >= 0.6 is 0 Å². The van der Waals surface area contributed by atoms with E-state index >= 15 is 0 Å². The number of hydrogen-bond donors (Lipinski definition) is 0. The van der Waals surface area contributed by atoms with Gasteiger partial charge in [0.1, 0.15) is 0 Å². The Labute approximate surface area is 158 Å². The Morgan fingerprint density at radius 3 is 2.64 bits per heavy atom. The number of fused-ring (bicyclic) bond motifs is 5. The lowest BCUT2D eigenvalue weighted by atomic mass is 9.51. The van der Waals surface area contributed by atoms with E-state index in [2.05, 4.69) is 32.9 Å². The highest BCUT2D eigenvalue weighted by atomic mass is 14.6. The monoisotopic (exact) mass is 344 g/mol. The summed E-state index contributed by atoms with van der Waals surface area (Å²) in [4.78, 5) is 0. The van der Waals surface area contributed by atoms with Crippen LogP contribution < -0.4 is 0 Å². The van der Waals surface area contributed by atoms with Gasteiger partial charge in [-0.3, -0.25) is 0 Å². The summed E-state index contributed by atoms with van der Waals surface area (Å²) in [5, 5.41) is 0. The fourth-order valence-electron chi connectivity index (χ4n) is 7.23. The van der Waals surface area contributed by atoms with Crippen LogP contribution in [-0.4, -0.2) is 0 Å². The lowest BCUT2D eigenvalue weighted by Crippen LogP contribution is -2.46. The second-order valence-electron chi connectivity index (χ2n) is 9.44. The zero-order valence-corrected chi connectivity index (χ0v) is 15.6. The van der Waals surface area contributed by atoms with Gasteiger partial charge in [0.05, 0.1) is 0 Å². The van der Waals surface area contributed by atoms with Crippen molar-refractivity contribution < 1.29 is 0 Å². The minimum absolute atomic E-state index is 0. The quantitative estimate of drug-likeness (QED) is 0.484. The van der Waals surface area contributed by atoms with Gasteiger partial charge in [-0.05, 0) is 93.3 Å². The van der Waals surface area contributed by atoms with Gasteiger partial charge in [-0.2, -0.15) is 0 Å². The zero-order chi connectivity index (χ0) is 16.0. The average Bonchev–Trinajstić information content (AvgIpc) is 2.89. The van der Waals surface area contributed by atoms with E-state index in [0.717, 1.165) is 29.6 Å². The molecule has 6 atom stereocenters. The van der Waals surface area contributed by atoms with Gasteiger partial charge in [0.25, 0.3) is 0 Å². The summed E-state index contributed by atoms with van der Waals surface area (Å²) in [6.45, 7) is 7.35. The first-order valence-corrected chi connectivity index (χ1v) is 10.5. The predicted molar refractivity (Wildman–Crippen MR) is 113 cm³/mol. The first-order chi connectivity index (χ1) is 11.1. The Morgan fingerprint density at radius 1 is 1.08 bits per heavy atom. The summed E-state index contributed by atoms with van der Waals surface area (Å²) in [6.07, 6.45) is 19.8. The van der Waals surface area contributed by atoms with Gasteiger partial charge >= 0.3 is 0 Å². The number of hydrogen-bond acceptors (Lipinski definition) is 0. The van der Waals surface area contributed by atoms with Crippen molar-refractivity contribution in [2.45, 2.75) is 99.8 Å². The molecule has 0 N–H and O–H groups in total. The fraction of sp³-hybridized carbons (Fsp3) is 0.840. The molecular weight excluding hydrogens is 300 g/mol. The van der Waals surface area contributed by atoms with E-state index in [-0.39, 0.29) is 14.9 Å². The highest BCUT2D eigenvalue weighted by Gasteiger charge is 2.55. The average molecular weight is 345 g/mol. The van der Waals surface area contributed by atoms with Gasteiger partial charge in [0, 0.05) is 0 Å². The molecule has 0 heteroatoms. The van der Waals surface area contributed by atoms with E-state index in [9.17, 15) is 0 Å². The van der Waals surface area contributed by atoms with Crippen molar-refractivity contribution in [1.82, 2.24) is 0 Å². The zero-order valence-electron chi connectivity index (χ0n) is 15.6. The molecule has 4 rings (SSSR count). The molecule has 0 bridgehead atoms. The highest BCUT2D eigenvalue weighted by Crippen LogP contribution is 2.64. The van der Waals surface area contributed by atoms with E-state index in [1.807, 2.05) is 5.57 Å². The standard InChI is InChI=1S/C23H36.2CH4/c1-4-5-6-18-9-12-22-21-11-8-17-15-16(2)7-10-19(17)20(21)13-14-23(18,22)3;;/h7,15,18-22H,4-6,8-14H2,1-3H3;2*1H4. The fourth-order valence-corrected chi connectivity index (χ4v) is 7.23. The van der Waals surface area contributed by atoms with Gasteiger partial charge in [-0.25, -0.2) is 0 Å². The van der Waals surface area contributed by atoms with Gasteiger partial charge in [0.15, 0.2) is 0 Å². The van der Waals surface area contributed by atoms with Crippen LogP contribution in [0.25, 0.3) is 0 Å². The van der Waals surface area contributed by atoms with E-state index < -0.39 is 0 Å². The summed E-state index contributed by atoms with van der Waals surface area (Å²) in [7, 11) is 0. The minimum Gasteiger partial charge on any atom is -0.0810 e. The van der Waals surface area contributed by atoms with Crippen molar-refractivity contribution in [3.05, 3.63) is 23.3 Å². The van der Waals surface area contributed by atoms with Crippen LogP contribution in [0.4, 0.5) is 0 Å². The molecule has 0 aromatic carbocycles. The van der Waals surface area contributed by atoms with Crippen LogP contribution in [-0.2, 0) is 0 Å². The molecule has 0 spiro atoms. The normalized spacial score (nSPS) is 42.0. The van der Waals surface area contributed by atoms with E-state index in [0.29, 0.717) is 5.41 Å². The second kappa shape index (κ2) is 8.01. The summed E-state index contributed by atoms with van der Waals surface area (Å²) < 4.78 is 0. The molecule has 3 fully saturated rings. The Kier molecular flexibility index (Phi) is 6.66. The number of unbranched alkanes of at least 4 members (excludes halogenated alkanes) is 1. The molecule has 6 unspecified atom stereocenters. The molecule has 0 aromatic rings. The van der Waals surface area contributed by atoms with Crippen molar-refractivity contribution in [3.63, 3.8) is 0 Å². The van der Waals surface area contributed by atoms with Crippen LogP contribution in [0.15, 0.2) is 23.3 Å². The van der Waals surface area contributed by atoms with E-state index in [1.54, 1.807) is 6.42 Å². The third-order valence-corrected chi connectivity index (χ3v) is 8.46. The number of allylic oxidation sites excluding steroid dienone is 4. The maximum atomic E-state index is 2.69.